The Morgan fingerprint density at radius 1 is 1.31 bits per heavy atom. The summed E-state index contributed by atoms with van der Waals surface area (Å²) < 4.78 is 31.5. The molecule has 1 aromatic carbocycles. The summed E-state index contributed by atoms with van der Waals surface area (Å²) in [4.78, 5) is 4.55. The van der Waals surface area contributed by atoms with E-state index in [4.69, 9.17) is 15.6 Å². The fourth-order valence-corrected chi connectivity index (χ4v) is 5.39. The number of likely N-dealkylation sites (N-methyl/N-ethyl adjacent to an activating group) is 1. The van der Waals surface area contributed by atoms with Gasteiger partial charge in [-0.25, -0.2) is 18.5 Å². The Bertz CT molecular complexity index is 1180. The molecular formula is C21H30N7O3S+. The summed E-state index contributed by atoms with van der Waals surface area (Å²) in [5.74, 6) is 0.461. The predicted molar refractivity (Wildman–Crippen MR) is 124 cm³/mol. The van der Waals surface area contributed by atoms with Crippen molar-refractivity contribution in [3.63, 3.8) is 0 Å². The number of aliphatic imine (C=N–C) groups is 1. The van der Waals surface area contributed by atoms with Gasteiger partial charge < -0.3 is 15.8 Å². The number of hydrogen-bond acceptors (Lipinski definition) is 7. The van der Waals surface area contributed by atoms with Gasteiger partial charge in [-0.2, -0.15) is 5.10 Å². The second-order valence-electron chi connectivity index (χ2n) is 8.56. The molecule has 2 aromatic rings. The number of nitrogens with two attached hydrogens (primary N) is 2. The number of ether oxygens (including phenoxy) is 1. The average Bonchev–Trinajstić information content (AvgIpc) is 3.25. The Kier molecular flexibility index (Phi) is 5.94. The summed E-state index contributed by atoms with van der Waals surface area (Å²) in [6.45, 7) is 6.35. The minimum atomic E-state index is -4.02. The summed E-state index contributed by atoms with van der Waals surface area (Å²) in [6, 6.07) is 3.57. The van der Waals surface area contributed by atoms with E-state index in [9.17, 15) is 8.42 Å². The first kappa shape index (κ1) is 22.6. The Balaban J connectivity index is 1.89. The monoisotopic (exact) mass is 460 g/mol. The molecule has 32 heavy (non-hydrogen) atoms. The number of aryl methyl sites for hydroxylation is 1. The number of nitrogens with one attached hydrogen (secondary N) is 2. The van der Waals surface area contributed by atoms with Crippen LogP contribution in [-0.2, 0) is 21.2 Å². The number of nitrogens with zero attached hydrogens (tertiary/aromatic N) is 3. The summed E-state index contributed by atoms with van der Waals surface area (Å²) >= 11 is 0. The molecule has 4 rings (SSSR count). The van der Waals surface area contributed by atoms with Crippen LogP contribution in [0.5, 0.6) is 0 Å². The van der Waals surface area contributed by atoms with E-state index in [1.165, 1.54) is 0 Å². The molecule has 0 amide bonds. The van der Waals surface area contributed by atoms with Gasteiger partial charge in [-0.15, -0.1) is 0 Å². The first-order valence-electron chi connectivity index (χ1n) is 10.5. The standard InChI is InChI=1S/C21H30N7O3S/c1-13-6-18(19(32(23,29)30)8-15(13)7-17-11-24-4-5-31-17)21-14(2)27-20(22)12-28(21,3)16-9-25-26-10-16/h6,8-10,17,24H,4-5,7,11-12H2,1-3H3,(H2,22,27)(H,25,26)(H2,23,29,30)/q+1. The van der Waals surface area contributed by atoms with Crippen molar-refractivity contribution in [3.8, 4) is 0 Å². The normalized spacial score (nSPS) is 24.5. The Labute approximate surface area is 188 Å². The number of morpholine rings is 1. The van der Waals surface area contributed by atoms with Gasteiger partial charge in [0, 0.05) is 19.5 Å². The molecule has 11 heteroatoms. The van der Waals surface area contributed by atoms with Crippen LogP contribution in [-0.4, -0.2) is 63.8 Å². The van der Waals surface area contributed by atoms with Gasteiger partial charge in [0.05, 0.1) is 36.4 Å². The molecule has 172 valence electrons. The summed E-state index contributed by atoms with van der Waals surface area (Å²) in [5.41, 5.74) is 10.7. The highest BCUT2D eigenvalue weighted by atomic mass is 32.2. The van der Waals surface area contributed by atoms with Gasteiger partial charge in [-0.1, -0.05) is 0 Å². The first-order valence-corrected chi connectivity index (χ1v) is 12.0. The van der Waals surface area contributed by atoms with E-state index >= 15 is 0 Å². The number of primary sulfonamides is 1. The van der Waals surface area contributed by atoms with E-state index in [-0.39, 0.29) is 15.5 Å². The molecule has 3 heterocycles. The van der Waals surface area contributed by atoms with Crippen molar-refractivity contribution in [1.29, 1.82) is 0 Å². The molecule has 1 fully saturated rings. The van der Waals surface area contributed by atoms with Gasteiger partial charge >= 0.3 is 0 Å². The van der Waals surface area contributed by atoms with E-state index < -0.39 is 10.0 Å². The zero-order chi connectivity index (χ0) is 23.1. The zero-order valence-electron chi connectivity index (χ0n) is 18.6. The number of hydrogen-bond donors (Lipinski definition) is 4. The lowest BCUT2D eigenvalue weighted by molar-refractivity contribution is 0.0291. The zero-order valence-corrected chi connectivity index (χ0v) is 19.4. The van der Waals surface area contributed by atoms with E-state index in [1.807, 2.05) is 27.0 Å². The molecule has 0 spiro atoms. The molecule has 2 unspecified atom stereocenters. The van der Waals surface area contributed by atoms with Gasteiger partial charge in [-0.05, 0) is 37.1 Å². The number of benzene rings is 1. The number of quaternary nitrogens is 1. The van der Waals surface area contributed by atoms with Gasteiger partial charge in [0.15, 0.2) is 17.2 Å². The second kappa shape index (κ2) is 8.41. The predicted octanol–water partition coefficient (Wildman–Crippen LogP) is 0.593. The number of allylic oxidation sites excluding steroid dienone is 1. The average molecular weight is 461 g/mol. The highest BCUT2D eigenvalue weighted by Gasteiger charge is 2.41. The molecule has 0 saturated carbocycles. The first-order chi connectivity index (χ1) is 15.1. The Morgan fingerprint density at radius 3 is 2.72 bits per heavy atom. The van der Waals surface area contributed by atoms with Crippen molar-refractivity contribution in [3.05, 3.63) is 46.9 Å². The van der Waals surface area contributed by atoms with Crippen LogP contribution in [0.1, 0.15) is 23.6 Å². The molecule has 10 nitrogen and oxygen atoms in total. The molecule has 2 atom stereocenters. The molecule has 1 aromatic heterocycles. The van der Waals surface area contributed by atoms with Gasteiger partial charge in [-0.3, -0.25) is 9.58 Å². The lowest BCUT2D eigenvalue weighted by Crippen LogP contribution is -2.51. The summed E-state index contributed by atoms with van der Waals surface area (Å²) in [6.07, 6.45) is 4.06. The van der Waals surface area contributed by atoms with Crippen LogP contribution in [0.2, 0.25) is 0 Å². The smallest absolute Gasteiger partial charge is 0.238 e. The van der Waals surface area contributed by atoms with Gasteiger partial charge in [0.25, 0.3) is 0 Å². The van der Waals surface area contributed by atoms with Crippen LogP contribution < -0.4 is 20.7 Å². The molecule has 1 saturated heterocycles. The van der Waals surface area contributed by atoms with Crippen LogP contribution in [0, 0.1) is 6.92 Å². The van der Waals surface area contributed by atoms with E-state index in [1.54, 1.807) is 18.5 Å². The number of amidine groups is 1. The second-order valence-corrected chi connectivity index (χ2v) is 10.1. The van der Waals surface area contributed by atoms with Crippen molar-refractivity contribution < 1.29 is 13.2 Å². The van der Waals surface area contributed by atoms with Crippen molar-refractivity contribution in [2.24, 2.45) is 15.9 Å². The largest absolute Gasteiger partial charge is 0.382 e. The third-order valence-electron chi connectivity index (χ3n) is 6.13. The van der Waals surface area contributed by atoms with Gasteiger partial charge in [0.2, 0.25) is 10.0 Å². The lowest BCUT2D eigenvalue weighted by Gasteiger charge is -2.37. The molecular weight excluding hydrogens is 430 g/mol. The maximum Gasteiger partial charge on any atom is 0.238 e. The van der Waals surface area contributed by atoms with E-state index in [0.29, 0.717) is 36.7 Å². The van der Waals surface area contributed by atoms with Crippen molar-refractivity contribution >= 4 is 27.2 Å². The van der Waals surface area contributed by atoms with Crippen LogP contribution in [0.25, 0.3) is 5.70 Å². The maximum atomic E-state index is 12.7. The number of H-pyrrole nitrogens is 1. The van der Waals surface area contributed by atoms with E-state index in [0.717, 1.165) is 35.6 Å². The van der Waals surface area contributed by atoms with Crippen molar-refractivity contribution in [1.82, 2.24) is 20.0 Å². The highest BCUT2D eigenvalue weighted by molar-refractivity contribution is 7.89. The van der Waals surface area contributed by atoms with Crippen molar-refractivity contribution in [2.75, 3.05) is 33.3 Å². The van der Waals surface area contributed by atoms with Crippen LogP contribution in [0.4, 0.5) is 5.69 Å². The fourth-order valence-electron chi connectivity index (χ4n) is 4.63. The quantitative estimate of drug-likeness (QED) is 0.480. The molecule has 0 aliphatic carbocycles. The Morgan fingerprint density at radius 2 is 2.09 bits per heavy atom. The van der Waals surface area contributed by atoms with Crippen LogP contribution in [0.15, 0.2) is 40.1 Å². The third-order valence-corrected chi connectivity index (χ3v) is 7.08. The fraction of sp³-hybridized carbons (Fsp3) is 0.429. The lowest BCUT2D eigenvalue weighted by atomic mass is 9.96. The van der Waals surface area contributed by atoms with E-state index in [2.05, 4.69) is 20.5 Å². The highest BCUT2D eigenvalue weighted by Crippen LogP contribution is 2.40. The third kappa shape index (κ3) is 4.21. The molecule has 6 N–H and O–H groups in total. The minimum absolute atomic E-state index is 0.0198. The minimum Gasteiger partial charge on any atom is -0.382 e. The van der Waals surface area contributed by atoms with Gasteiger partial charge in [0.1, 0.15) is 18.4 Å². The molecule has 2 aliphatic heterocycles. The maximum absolute atomic E-state index is 12.7. The number of aromatic nitrogens is 2. The SMILES string of the molecule is CC1=C(c2cc(C)c(CC3CNCCO3)cc2S(N)(=O)=O)[N+](C)(c2cn[nH]c2)CC(N)=N1. The molecule has 2 aliphatic rings. The number of aromatic amines is 1. The van der Waals surface area contributed by atoms with Crippen LogP contribution in [0.3, 0.4) is 0 Å². The molecule has 0 bridgehead atoms. The number of rotatable bonds is 5. The van der Waals surface area contributed by atoms with Crippen molar-refractivity contribution in [2.45, 2.75) is 31.3 Å². The molecule has 0 radical (unpaired) electrons. The topological polar surface area (TPSA) is 148 Å². The number of sulfonamides is 1. The summed E-state index contributed by atoms with van der Waals surface area (Å²) in [5, 5.41) is 15.9. The van der Waals surface area contributed by atoms with Crippen LogP contribution >= 0.6 is 0 Å². The Hall–Kier alpha value is -2.57. The summed E-state index contributed by atoms with van der Waals surface area (Å²) in [7, 11) is -2.06.